The summed E-state index contributed by atoms with van der Waals surface area (Å²) in [4.78, 5) is 11.3. The molecule has 0 bridgehead atoms. The number of rotatable bonds is 6. The van der Waals surface area contributed by atoms with Crippen LogP contribution in [0.5, 0.6) is 0 Å². The van der Waals surface area contributed by atoms with Crippen LogP contribution in [0.15, 0.2) is 18.3 Å². The van der Waals surface area contributed by atoms with Gasteiger partial charge < -0.3 is 15.0 Å². The lowest BCUT2D eigenvalue weighted by Crippen LogP contribution is -2.18. The van der Waals surface area contributed by atoms with E-state index >= 15 is 0 Å². The van der Waals surface area contributed by atoms with E-state index in [4.69, 9.17) is 4.74 Å². The molecule has 0 aromatic carbocycles. The van der Waals surface area contributed by atoms with Crippen molar-refractivity contribution in [1.29, 1.82) is 0 Å². The Balaban J connectivity index is 1.60. The Morgan fingerprint density at radius 1 is 1.33 bits per heavy atom. The van der Waals surface area contributed by atoms with E-state index in [0.717, 1.165) is 42.0 Å². The minimum atomic E-state index is 0.641. The van der Waals surface area contributed by atoms with Crippen LogP contribution < -0.4 is 10.2 Å². The van der Waals surface area contributed by atoms with Crippen LogP contribution in [0.2, 0.25) is 0 Å². The van der Waals surface area contributed by atoms with Gasteiger partial charge in [0.1, 0.15) is 11.6 Å². The van der Waals surface area contributed by atoms with Gasteiger partial charge in [0.15, 0.2) is 0 Å². The van der Waals surface area contributed by atoms with Gasteiger partial charge in [0, 0.05) is 38.2 Å². The molecule has 0 aliphatic carbocycles. The third kappa shape index (κ3) is 3.68. The van der Waals surface area contributed by atoms with E-state index < -0.39 is 0 Å². The first-order valence-electron chi connectivity index (χ1n) is 7.15. The molecule has 0 spiro atoms. The summed E-state index contributed by atoms with van der Waals surface area (Å²) in [5, 5.41) is 4.03. The van der Waals surface area contributed by atoms with Crippen LogP contribution in [0.1, 0.15) is 18.7 Å². The number of nitrogens with zero attached hydrogens (tertiary/aromatic N) is 4. The monoisotopic (exact) mass is 305 g/mol. The highest BCUT2D eigenvalue weighted by Crippen LogP contribution is 2.22. The summed E-state index contributed by atoms with van der Waals surface area (Å²) in [6.07, 6.45) is 5.11. The van der Waals surface area contributed by atoms with Crippen LogP contribution >= 0.6 is 11.5 Å². The average molecular weight is 305 g/mol. The maximum atomic E-state index is 5.02. The van der Waals surface area contributed by atoms with Crippen molar-refractivity contribution in [1.82, 2.24) is 14.3 Å². The van der Waals surface area contributed by atoms with Crippen LogP contribution in [0.25, 0.3) is 0 Å². The Kier molecular flexibility index (Phi) is 4.62. The molecule has 3 rings (SSSR count). The van der Waals surface area contributed by atoms with Crippen molar-refractivity contribution in [3.8, 4) is 0 Å². The highest BCUT2D eigenvalue weighted by atomic mass is 32.1. The lowest BCUT2D eigenvalue weighted by molar-refractivity contribution is 0.201. The van der Waals surface area contributed by atoms with Crippen LogP contribution in [0.3, 0.4) is 0 Å². The largest absolute Gasteiger partial charge is 0.384 e. The second-order valence-corrected chi connectivity index (χ2v) is 5.73. The normalized spacial score (nSPS) is 14.6. The van der Waals surface area contributed by atoms with Gasteiger partial charge in [0.25, 0.3) is 0 Å². The molecule has 2 aromatic rings. The fourth-order valence-corrected chi connectivity index (χ4v) is 2.95. The second kappa shape index (κ2) is 6.82. The van der Waals surface area contributed by atoms with Crippen LogP contribution in [-0.4, -0.2) is 41.1 Å². The molecule has 0 amide bonds. The summed E-state index contributed by atoms with van der Waals surface area (Å²) >= 11 is 1.36. The molecule has 0 saturated carbocycles. The summed E-state index contributed by atoms with van der Waals surface area (Å²) in [7, 11) is 1.68. The molecule has 1 fully saturated rings. The number of anilines is 3. The van der Waals surface area contributed by atoms with E-state index in [1.54, 1.807) is 7.11 Å². The molecule has 6 nitrogen and oxygen atoms in total. The number of aromatic nitrogens is 3. The van der Waals surface area contributed by atoms with E-state index in [9.17, 15) is 0 Å². The van der Waals surface area contributed by atoms with Gasteiger partial charge in [-0.1, -0.05) is 0 Å². The lowest BCUT2D eigenvalue weighted by atomic mass is 10.4. The third-order valence-electron chi connectivity index (χ3n) is 3.43. The van der Waals surface area contributed by atoms with Crippen LogP contribution in [0, 0.1) is 0 Å². The molecule has 2 aromatic heterocycles. The zero-order chi connectivity index (χ0) is 14.5. The molecule has 3 heterocycles. The number of pyridine rings is 1. The molecule has 1 saturated heterocycles. The van der Waals surface area contributed by atoms with E-state index in [-0.39, 0.29) is 0 Å². The second-order valence-electron chi connectivity index (χ2n) is 4.98. The minimum absolute atomic E-state index is 0.641. The van der Waals surface area contributed by atoms with Crippen LogP contribution in [0.4, 0.5) is 16.6 Å². The number of nitrogens with one attached hydrogen (secondary N) is 1. The molecule has 0 unspecified atom stereocenters. The zero-order valence-corrected chi connectivity index (χ0v) is 12.9. The quantitative estimate of drug-likeness (QED) is 0.884. The molecular formula is C14H19N5OS. The summed E-state index contributed by atoms with van der Waals surface area (Å²) in [6, 6.07) is 4.09. The average Bonchev–Trinajstić information content (AvgIpc) is 3.17. The van der Waals surface area contributed by atoms with E-state index in [1.165, 1.54) is 24.4 Å². The van der Waals surface area contributed by atoms with Crippen molar-refractivity contribution in [3.63, 3.8) is 0 Å². The van der Waals surface area contributed by atoms with Crippen molar-refractivity contribution in [2.24, 2.45) is 0 Å². The van der Waals surface area contributed by atoms with Crippen molar-refractivity contribution in [2.75, 3.05) is 37.0 Å². The maximum absolute atomic E-state index is 5.02. The van der Waals surface area contributed by atoms with Crippen molar-refractivity contribution in [2.45, 2.75) is 19.3 Å². The summed E-state index contributed by atoms with van der Waals surface area (Å²) < 4.78 is 9.31. The number of ether oxygens (including phenoxy) is 1. The van der Waals surface area contributed by atoms with Gasteiger partial charge in [-0.15, -0.1) is 0 Å². The standard InChI is InChI=1S/C14H19N5OS/c1-20-9-6-12-17-14(21-18-12)16-11-4-5-13(15-10-11)19-7-2-3-8-19/h4-5,10H,2-3,6-9H2,1H3,(H,16,17,18). The van der Waals surface area contributed by atoms with Gasteiger partial charge in [-0.3, -0.25) is 0 Å². The molecule has 1 aliphatic heterocycles. The van der Waals surface area contributed by atoms with Gasteiger partial charge in [-0.25, -0.2) is 9.97 Å². The Hall–Kier alpha value is -1.73. The van der Waals surface area contributed by atoms with E-state index in [2.05, 4.69) is 30.6 Å². The first-order valence-corrected chi connectivity index (χ1v) is 7.92. The lowest BCUT2D eigenvalue weighted by Gasteiger charge is -2.16. The van der Waals surface area contributed by atoms with Crippen molar-refractivity contribution in [3.05, 3.63) is 24.2 Å². The van der Waals surface area contributed by atoms with Gasteiger partial charge in [0.2, 0.25) is 5.13 Å². The Labute approximate surface area is 128 Å². The van der Waals surface area contributed by atoms with Crippen molar-refractivity contribution < 1.29 is 4.74 Å². The fraction of sp³-hybridized carbons (Fsp3) is 0.500. The first kappa shape index (κ1) is 14.2. The Bertz CT molecular complexity index is 565. The van der Waals surface area contributed by atoms with E-state index in [0.29, 0.717) is 6.61 Å². The maximum Gasteiger partial charge on any atom is 0.207 e. The summed E-state index contributed by atoms with van der Waals surface area (Å²) in [6.45, 7) is 2.86. The number of methoxy groups -OCH3 is 1. The molecule has 1 aliphatic rings. The summed E-state index contributed by atoms with van der Waals surface area (Å²) in [5.41, 5.74) is 0.937. The predicted molar refractivity (Wildman–Crippen MR) is 84.5 cm³/mol. The minimum Gasteiger partial charge on any atom is -0.384 e. The van der Waals surface area contributed by atoms with Gasteiger partial charge in [-0.05, 0) is 25.0 Å². The molecular weight excluding hydrogens is 286 g/mol. The Morgan fingerprint density at radius 2 is 2.19 bits per heavy atom. The zero-order valence-electron chi connectivity index (χ0n) is 12.1. The van der Waals surface area contributed by atoms with Gasteiger partial charge >= 0.3 is 0 Å². The molecule has 21 heavy (non-hydrogen) atoms. The molecule has 1 N–H and O–H groups in total. The van der Waals surface area contributed by atoms with Gasteiger partial charge in [-0.2, -0.15) is 4.37 Å². The van der Waals surface area contributed by atoms with Gasteiger partial charge in [0.05, 0.1) is 18.5 Å². The predicted octanol–water partition coefficient (Wildman–Crippen LogP) is 2.47. The molecule has 7 heteroatoms. The Morgan fingerprint density at radius 3 is 2.90 bits per heavy atom. The molecule has 0 radical (unpaired) electrons. The third-order valence-corrected chi connectivity index (χ3v) is 4.10. The van der Waals surface area contributed by atoms with Crippen LogP contribution in [-0.2, 0) is 11.2 Å². The SMILES string of the molecule is COCCc1nsc(Nc2ccc(N3CCCC3)nc2)n1. The molecule has 112 valence electrons. The highest BCUT2D eigenvalue weighted by molar-refractivity contribution is 7.09. The number of hydrogen-bond acceptors (Lipinski definition) is 7. The highest BCUT2D eigenvalue weighted by Gasteiger charge is 2.13. The topological polar surface area (TPSA) is 63.2 Å². The van der Waals surface area contributed by atoms with E-state index in [1.807, 2.05) is 12.3 Å². The smallest absolute Gasteiger partial charge is 0.207 e. The van der Waals surface area contributed by atoms with Crippen molar-refractivity contribution >= 4 is 28.2 Å². The first-order chi connectivity index (χ1) is 10.3. The fourth-order valence-electron chi connectivity index (χ4n) is 2.32. The summed E-state index contributed by atoms with van der Waals surface area (Å²) in [5.74, 6) is 1.86. The molecule has 0 atom stereocenters. The number of hydrogen-bond donors (Lipinski definition) is 1.